The molecular formula is C13H18N2O5S. The number of morpholine rings is 1. The van der Waals surface area contributed by atoms with Crippen molar-refractivity contribution >= 4 is 16.0 Å². The van der Waals surface area contributed by atoms with Crippen LogP contribution in [0, 0.1) is 13.8 Å². The van der Waals surface area contributed by atoms with Crippen molar-refractivity contribution in [2.45, 2.75) is 50.0 Å². The first kappa shape index (κ1) is 14.5. The quantitative estimate of drug-likeness (QED) is 0.761. The van der Waals surface area contributed by atoms with Crippen molar-refractivity contribution in [2.75, 3.05) is 13.2 Å². The number of aryl methyl sites for hydroxylation is 2. The van der Waals surface area contributed by atoms with E-state index in [-0.39, 0.29) is 23.8 Å². The van der Waals surface area contributed by atoms with Crippen LogP contribution in [-0.4, -0.2) is 42.5 Å². The maximum absolute atomic E-state index is 13.0. The third kappa shape index (κ3) is 2.00. The molecule has 8 heteroatoms. The molecule has 7 nitrogen and oxygen atoms in total. The summed E-state index contributed by atoms with van der Waals surface area (Å²) in [7, 11) is -3.83. The van der Waals surface area contributed by atoms with E-state index in [0.717, 1.165) is 12.8 Å². The Hall–Kier alpha value is -1.41. The second-order valence-corrected chi connectivity index (χ2v) is 7.40. The second kappa shape index (κ2) is 4.81. The van der Waals surface area contributed by atoms with Gasteiger partial charge in [-0.1, -0.05) is 18.0 Å². The molecule has 1 aliphatic carbocycles. The number of esters is 1. The monoisotopic (exact) mass is 314 g/mol. The predicted octanol–water partition coefficient (Wildman–Crippen LogP) is 1.15. The SMILES string of the molecule is Cc1noc(C)c1S(=O)(=O)N1CCOC(=O)C12CCCC2. The Bertz CT molecular complexity index is 653. The molecule has 1 saturated heterocycles. The highest BCUT2D eigenvalue weighted by Crippen LogP contribution is 2.42. The van der Waals surface area contributed by atoms with Crippen LogP contribution in [0.3, 0.4) is 0 Å². The molecule has 1 aliphatic heterocycles. The molecule has 0 N–H and O–H groups in total. The fraction of sp³-hybridized carbons (Fsp3) is 0.692. The van der Waals surface area contributed by atoms with Crippen molar-refractivity contribution in [3.05, 3.63) is 11.5 Å². The first-order valence-corrected chi connectivity index (χ1v) is 8.46. The third-order valence-electron chi connectivity index (χ3n) is 4.33. The van der Waals surface area contributed by atoms with Gasteiger partial charge >= 0.3 is 5.97 Å². The lowest BCUT2D eigenvalue weighted by molar-refractivity contribution is -0.162. The maximum Gasteiger partial charge on any atom is 0.327 e. The zero-order valence-corrected chi connectivity index (χ0v) is 12.9. The second-order valence-electron chi connectivity index (χ2n) is 5.61. The Labute approximate surface area is 123 Å². The molecule has 0 atom stereocenters. The Morgan fingerprint density at radius 1 is 1.24 bits per heavy atom. The molecule has 2 fully saturated rings. The molecule has 1 aromatic rings. The fourth-order valence-electron chi connectivity index (χ4n) is 3.39. The Morgan fingerprint density at radius 2 is 1.90 bits per heavy atom. The minimum absolute atomic E-state index is 0.0727. The molecule has 1 aromatic heterocycles. The topological polar surface area (TPSA) is 89.7 Å². The van der Waals surface area contributed by atoms with E-state index >= 15 is 0 Å². The van der Waals surface area contributed by atoms with Gasteiger partial charge in [0.25, 0.3) is 0 Å². The van der Waals surface area contributed by atoms with Gasteiger partial charge in [0.2, 0.25) is 10.0 Å². The average Bonchev–Trinajstić information content (AvgIpc) is 3.01. The summed E-state index contributed by atoms with van der Waals surface area (Å²) in [5.41, 5.74) is -0.729. The zero-order valence-electron chi connectivity index (χ0n) is 12.1. The van der Waals surface area contributed by atoms with Crippen LogP contribution in [0.1, 0.15) is 37.1 Å². The molecule has 2 aliphatic rings. The molecule has 0 amide bonds. The third-order valence-corrected chi connectivity index (χ3v) is 6.54. The Balaban J connectivity index is 2.11. The lowest BCUT2D eigenvalue weighted by Crippen LogP contribution is -2.60. The van der Waals surface area contributed by atoms with Crippen LogP contribution in [0.4, 0.5) is 0 Å². The van der Waals surface area contributed by atoms with E-state index in [0.29, 0.717) is 18.5 Å². The summed E-state index contributed by atoms with van der Waals surface area (Å²) in [6.07, 6.45) is 2.66. The van der Waals surface area contributed by atoms with Crippen LogP contribution in [0.25, 0.3) is 0 Å². The van der Waals surface area contributed by atoms with Crippen molar-refractivity contribution in [3.8, 4) is 0 Å². The number of ether oxygens (including phenoxy) is 1. The van der Waals surface area contributed by atoms with Gasteiger partial charge < -0.3 is 9.26 Å². The van der Waals surface area contributed by atoms with E-state index in [4.69, 9.17) is 9.26 Å². The summed E-state index contributed by atoms with van der Waals surface area (Å²) in [6, 6.07) is 0. The van der Waals surface area contributed by atoms with Crippen molar-refractivity contribution < 1.29 is 22.5 Å². The minimum atomic E-state index is -3.83. The van der Waals surface area contributed by atoms with Gasteiger partial charge in [0.1, 0.15) is 22.7 Å². The van der Waals surface area contributed by atoms with Crippen molar-refractivity contribution in [1.29, 1.82) is 0 Å². The number of hydrogen-bond donors (Lipinski definition) is 0. The number of sulfonamides is 1. The van der Waals surface area contributed by atoms with Gasteiger partial charge in [-0.25, -0.2) is 8.42 Å². The summed E-state index contributed by atoms with van der Waals surface area (Å²) in [4.78, 5) is 12.3. The van der Waals surface area contributed by atoms with Gasteiger partial charge in [-0.2, -0.15) is 4.31 Å². The van der Waals surface area contributed by atoms with Gasteiger partial charge in [-0.05, 0) is 26.7 Å². The molecule has 21 heavy (non-hydrogen) atoms. The van der Waals surface area contributed by atoms with E-state index in [1.54, 1.807) is 13.8 Å². The van der Waals surface area contributed by atoms with Crippen LogP contribution >= 0.6 is 0 Å². The number of hydrogen-bond acceptors (Lipinski definition) is 6. The van der Waals surface area contributed by atoms with E-state index < -0.39 is 21.5 Å². The summed E-state index contributed by atoms with van der Waals surface area (Å²) < 4.78 is 37.5. The summed E-state index contributed by atoms with van der Waals surface area (Å²) in [5.74, 6) is -0.179. The van der Waals surface area contributed by atoms with E-state index in [9.17, 15) is 13.2 Å². The smallest absolute Gasteiger partial charge is 0.327 e. The number of carbonyl (C=O) groups is 1. The molecule has 0 bridgehead atoms. The van der Waals surface area contributed by atoms with Crippen molar-refractivity contribution in [1.82, 2.24) is 9.46 Å². The van der Waals surface area contributed by atoms with Crippen molar-refractivity contribution in [3.63, 3.8) is 0 Å². The molecule has 116 valence electrons. The van der Waals surface area contributed by atoms with E-state index in [1.165, 1.54) is 4.31 Å². The molecule has 1 spiro atoms. The number of cyclic esters (lactones) is 1. The highest BCUT2D eigenvalue weighted by atomic mass is 32.2. The summed E-state index contributed by atoms with van der Waals surface area (Å²) in [5, 5.41) is 3.71. The predicted molar refractivity (Wildman–Crippen MR) is 72.0 cm³/mol. The van der Waals surface area contributed by atoms with Gasteiger partial charge in [0, 0.05) is 6.54 Å². The number of carbonyl (C=O) groups excluding carboxylic acids is 1. The Kier molecular flexibility index (Phi) is 3.32. The number of aromatic nitrogens is 1. The normalized spacial score (nSPS) is 22.7. The average molecular weight is 314 g/mol. The highest BCUT2D eigenvalue weighted by Gasteiger charge is 2.55. The standard InChI is InChI=1S/C13H18N2O5S/c1-9-11(10(2)20-14-9)21(17,18)15-7-8-19-12(16)13(15)5-3-4-6-13/h3-8H2,1-2H3. The molecular weight excluding hydrogens is 296 g/mol. The van der Waals surface area contributed by atoms with Crippen molar-refractivity contribution in [2.24, 2.45) is 0 Å². The molecule has 0 aromatic carbocycles. The van der Waals surface area contributed by atoms with Gasteiger partial charge in [-0.15, -0.1) is 0 Å². The van der Waals surface area contributed by atoms with E-state index in [2.05, 4.69) is 5.16 Å². The van der Waals surface area contributed by atoms with Gasteiger partial charge in [-0.3, -0.25) is 4.79 Å². The van der Waals surface area contributed by atoms with Gasteiger partial charge in [0.15, 0.2) is 5.76 Å². The summed E-state index contributed by atoms with van der Waals surface area (Å²) in [6.45, 7) is 3.42. The number of rotatable bonds is 2. The fourth-order valence-corrected chi connectivity index (χ4v) is 5.45. The molecule has 1 saturated carbocycles. The molecule has 0 unspecified atom stereocenters. The van der Waals surface area contributed by atoms with Crippen LogP contribution in [0.2, 0.25) is 0 Å². The molecule has 0 radical (unpaired) electrons. The first-order valence-electron chi connectivity index (χ1n) is 7.02. The molecule has 3 rings (SSSR count). The van der Waals surface area contributed by atoms with Crippen LogP contribution < -0.4 is 0 Å². The van der Waals surface area contributed by atoms with Crippen LogP contribution in [0.5, 0.6) is 0 Å². The van der Waals surface area contributed by atoms with Crippen LogP contribution in [-0.2, 0) is 19.6 Å². The largest absolute Gasteiger partial charge is 0.463 e. The first-order chi connectivity index (χ1) is 9.89. The Morgan fingerprint density at radius 3 is 2.48 bits per heavy atom. The van der Waals surface area contributed by atoms with Crippen LogP contribution in [0.15, 0.2) is 9.42 Å². The zero-order chi connectivity index (χ0) is 15.3. The maximum atomic E-state index is 13.0. The number of nitrogens with zero attached hydrogens (tertiary/aromatic N) is 2. The molecule has 2 heterocycles. The summed E-state index contributed by atoms with van der Waals surface area (Å²) >= 11 is 0. The lowest BCUT2D eigenvalue weighted by Gasteiger charge is -2.41. The highest BCUT2D eigenvalue weighted by molar-refractivity contribution is 7.89. The lowest BCUT2D eigenvalue weighted by atomic mass is 9.97. The minimum Gasteiger partial charge on any atom is -0.463 e. The van der Waals surface area contributed by atoms with Gasteiger partial charge in [0.05, 0.1) is 0 Å². The van der Waals surface area contributed by atoms with E-state index in [1.807, 2.05) is 0 Å².